The molecule has 0 bridgehead atoms. The van der Waals surface area contributed by atoms with Gasteiger partial charge in [0.1, 0.15) is 5.60 Å². The Hall–Kier alpha value is -0.960. The van der Waals surface area contributed by atoms with Crippen LogP contribution in [0.3, 0.4) is 0 Å². The van der Waals surface area contributed by atoms with Gasteiger partial charge in [0.05, 0.1) is 10.8 Å². The van der Waals surface area contributed by atoms with E-state index in [-0.39, 0.29) is 25.9 Å². The Bertz CT molecular complexity index is 672. The van der Waals surface area contributed by atoms with Crippen molar-refractivity contribution < 1.29 is 26.7 Å². The number of piperidine rings is 1. The first kappa shape index (κ1) is 22.3. The maximum Gasteiger partial charge on any atom is 0.410 e. The van der Waals surface area contributed by atoms with Crippen LogP contribution in [-0.4, -0.2) is 54.8 Å². The number of sulfonamides is 1. The van der Waals surface area contributed by atoms with Crippen molar-refractivity contribution in [2.75, 3.05) is 13.1 Å². The summed E-state index contributed by atoms with van der Waals surface area (Å²) in [5.74, 6) is -3.10. The van der Waals surface area contributed by atoms with Crippen molar-refractivity contribution in [1.82, 2.24) is 9.62 Å². The number of alkyl halides is 2. The first-order chi connectivity index (χ1) is 12.0. The average molecular weight is 411 g/mol. The highest BCUT2D eigenvalue weighted by Crippen LogP contribution is 2.53. The Morgan fingerprint density at radius 3 is 2.00 bits per heavy atom. The monoisotopic (exact) mass is 410 g/mol. The number of rotatable bonds is 2. The molecule has 1 aliphatic carbocycles. The summed E-state index contributed by atoms with van der Waals surface area (Å²) in [6.07, 6.45) is 0.0584. The number of hydrogen-bond acceptors (Lipinski definition) is 4. The lowest BCUT2D eigenvalue weighted by molar-refractivity contribution is -0.0433. The van der Waals surface area contributed by atoms with Crippen molar-refractivity contribution in [3.8, 4) is 0 Å². The zero-order chi connectivity index (χ0) is 20.9. The summed E-state index contributed by atoms with van der Waals surface area (Å²) in [6.45, 7) is 10.3. The van der Waals surface area contributed by atoms with E-state index in [4.69, 9.17) is 4.74 Å². The maximum atomic E-state index is 14.6. The fourth-order valence-electron chi connectivity index (χ4n) is 3.70. The molecule has 0 unspecified atom stereocenters. The third-order valence-electron chi connectivity index (χ3n) is 5.48. The lowest BCUT2D eigenvalue weighted by Crippen LogP contribution is -2.58. The molecule has 6 nitrogen and oxygen atoms in total. The smallest absolute Gasteiger partial charge is 0.410 e. The summed E-state index contributed by atoms with van der Waals surface area (Å²) in [7, 11) is -3.92. The standard InChI is InChI=1S/C18H32F2N2O4S/c1-15(2,3)26-14(23)22-11-9-17(10-12-22)7-8-18(19,20)13(17)21-27(24,25)16(4,5)6/h13,21H,7-12H2,1-6H3/t13-/m1/s1. The molecule has 2 aliphatic rings. The van der Waals surface area contributed by atoms with E-state index in [2.05, 4.69) is 4.72 Å². The van der Waals surface area contributed by atoms with Crippen molar-refractivity contribution in [3.05, 3.63) is 0 Å². The van der Waals surface area contributed by atoms with Gasteiger partial charge >= 0.3 is 6.09 Å². The van der Waals surface area contributed by atoms with Crippen LogP contribution in [0.15, 0.2) is 0 Å². The molecule has 1 aliphatic heterocycles. The van der Waals surface area contributed by atoms with Crippen LogP contribution < -0.4 is 4.72 Å². The van der Waals surface area contributed by atoms with Crippen LogP contribution >= 0.6 is 0 Å². The van der Waals surface area contributed by atoms with Crippen LogP contribution in [0.1, 0.15) is 67.2 Å². The van der Waals surface area contributed by atoms with Gasteiger partial charge in [0.25, 0.3) is 5.92 Å². The van der Waals surface area contributed by atoms with Crippen LogP contribution in [-0.2, 0) is 14.8 Å². The summed E-state index contributed by atoms with van der Waals surface area (Å²) < 4.78 is 60.7. The fourth-order valence-corrected chi connectivity index (χ4v) is 4.78. The second kappa shape index (κ2) is 6.83. The number of carbonyl (C=O) groups excluding carboxylic acids is 1. The van der Waals surface area contributed by atoms with E-state index in [0.29, 0.717) is 12.8 Å². The Labute approximate surface area is 161 Å². The Balaban J connectivity index is 2.16. The van der Waals surface area contributed by atoms with Crippen molar-refractivity contribution in [2.45, 2.75) is 89.5 Å². The Morgan fingerprint density at radius 1 is 1.04 bits per heavy atom. The lowest BCUT2D eigenvalue weighted by atomic mass is 9.74. The number of nitrogens with one attached hydrogen (secondary N) is 1. The third-order valence-corrected chi connectivity index (χ3v) is 7.64. The molecule has 1 saturated heterocycles. The molecule has 1 N–H and O–H groups in total. The molecular formula is C18H32F2N2O4S. The number of carbonyl (C=O) groups is 1. The summed E-state index contributed by atoms with van der Waals surface area (Å²) in [6, 6.07) is -1.45. The molecule has 1 heterocycles. The quantitative estimate of drug-likeness (QED) is 0.756. The summed E-state index contributed by atoms with van der Waals surface area (Å²) in [5, 5.41) is 0. The highest BCUT2D eigenvalue weighted by atomic mass is 32.2. The SMILES string of the molecule is CC(C)(C)OC(=O)N1CCC2(CC1)CCC(F)(F)[C@@H]2NS(=O)(=O)C(C)(C)C. The molecule has 2 rings (SSSR count). The van der Waals surface area contributed by atoms with Crippen molar-refractivity contribution in [1.29, 1.82) is 0 Å². The van der Waals surface area contributed by atoms with Crippen LogP contribution in [0, 0.1) is 5.41 Å². The van der Waals surface area contributed by atoms with Crippen LogP contribution in [0.25, 0.3) is 0 Å². The minimum absolute atomic E-state index is 0.236. The fraction of sp³-hybridized carbons (Fsp3) is 0.944. The minimum atomic E-state index is -3.92. The third kappa shape index (κ3) is 4.72. The first-order valence-electron chi connectivity index (χ1n) is 9.37. The summed E-state index contributed by atoms with van der Waals surface area (Å²) in [5.41, 5.74) is -1.47. The van der Waals surface area contributed by atoms with Gasteiger partial charge in [-0.05, 0) is 66.2 Å². The first-order valence-corrected chi connectivity index (χ1v) is 10.9. The van der Waals surface area contributed by atoms with Crippen LogP contribution in [0.4, 0.5) is 13.6 Å². The molecule has 0 aromatic rings. The summed E-state index contributed by atoms with van der Waals surface area (Å²) in [4.78, 5) is 13.7. The van der Waals surface area contributed by atoms with E-state index in [1.54, 1.807) is 20.8 Å². The number of hydrogen-bond donors (Lipinski definition) is 1. The van der Waals surface area contributed by atoms with Crippen LogP contribution in [0.5, 0.6) is 0 Å². The molecular weight excluding hydrogens is 378 g/mol. The molecule has 9 heteroatoms. The molecule has 0 aromatic carbocycles. The Kier molecular flexibility index (Phi) is 5.65. The van der Waals surface area contributed by atoms with E-state index >= 15 is 0 Å². The van der Waals surface area contributed by atoms with Gasteiger partial charge < -0.3 is 9.64 Å². The Morgan fingerprint density at radius 2 is 1.56 bits per heavy atom. The number of amides is 1. The minimum Gasteiger partial charge on any atom is -0.444 e. The second-order valence-corrected chi connectivity index (χ2v) is 12.2. The van der Waals surface area contributed by atoms with Crippen molar-refractivity contribution in [3.63, 3.8) is 0 Å². The van der Waals surface area contributed by atoms with Crippen LogP contribution in [0.2, 0.25) is 0 Å². The molecule has 1 atom stereocenters. The molecule has 0 aromatic heterocycles. The predicted molar refractivity (Wildman–Crippen MR) is 99.3 cm³/mol. The van der Waals surface area contributed by atoms with E-state index < -0.39 is 43.8 Å². The van der Waals surface area contributed by atoms with E-state index in [1.165, 1.54) is 25.7 Å². The van der Waals surface area contributed by atoms with Gasteiger partial charge in [0.2, 0.25) is 10.0 Å². The molecule has 158 valence electrons. The topological polar surface area (TPSA) is 75.7 Å². The van der Waals surface area contributed by atoms with E-state index in [0.717, 1.165) is 0 Å². The predicted octanol–water partition coefficient (Wildman–Crippen LogP) is 3.52. The second-order valence-electron chi connectivity index (χ2n) is 9.76. The lowest BCUT2D eigenvalue weighted by Gasteiger charge is -2.44. The van der Waals surface area contributed by atoms with Gasteiger partial charge in [-0.25, -0.2) is 26.7 Å². The van der Waals surface area contributed by atoms with E-state index in [9.17, 15) is 22.0 Å². The van der Waals surface area contributed by atoms with Gasteiger partial charge in [-0.1, -0.05) is 0 Å². The number of halogens is 2. The molecule has 0 radical (unpaired) electrons. The number of likely N-dealkylation sites (tertiary alicyclic amines) is 1. The highest BCUT2D eigenvalue weighted by Gasteiger charge is 2.61. The summed E-state index contributed by atoms with van der Waals surface area (Å²) >= 11 is 0. The molecule has 1 saturated carbocycles. The largest absolute Gasteiger partial charge is 0.444 e. The van der Waals surface area contributed by atoms with E-state index in [1.807, 2.05) is 0 Å². The normalized spacial score (nSPS) is 25.6. The molecule has 1 amide bonds. The van der Waals surface area contributed by atoms with Gasteiger partial charge in [0.15, 0.2) is 0 Å². The average Bonchev–Trinajstić information content (AvgIpc) is 2.70. The number of ether oxygens (including phenoxy) is 1. The van der Waals surface area contributed by atoms with Gasteiger partial charge in [-0.3, -0.25) is 0 Å². The van der Waals surface area contributed by atoms with Gasteiger partial charge in [-0.15, -0.1) is 0 Å². The van der Waals surface area contributed by atoms with Gasteiger partial charge in [0, 0.05) is 19.5 Å². The molecule has 2 fully saturated rings. The zero-order valence-corrected chi connectivity index (χ0v) is 17.9. The van der Waals surface area contributed by atoms with Crippen molar-refractivity contribution in [2.24, 2.45) is 5.41 Å². The van der Waals surface area contributed by atoms with Crippen molar-refractivity contribution >= 4 is 16.1 Å². The highest BCUT2D eigenvalue weighted by molar-refractivity contribution is 7.90. The zero-order valence-electron chi connectivity index (χ0n) is 17.1. The molecule has 27 heavy (non-hydrogen) atoms. The maximum absolute atomic E-state index is 14.6. The molecule has 1 spiro atoms. The number of nitrogens with zero attached hydrogens (tertiary/aromatic N) is 1. The van der Waals surface area contributed by atoms with Gasteiger partial charge in [-0.2, -0.15) is 0 Å².